The van der Waals surface area contributed by atoms with Crippen molar-refractivity contribution in [2.24, 2.45) is 5.92 Å². The van der Waals surface area contributed by atoms with Gasteiger partial charge in [-0.25, -0.2) is 0 Å². The number of amides is 1. The summed E-state index contributed by atoms with van der Waals surface area (Å²) >= 11 is 1.58. The second kappa shape index (κ2) is 8.53. The molecule has 0 aliphatic carbocycles. The minimum atomic E-state index is -0.0849. The quantitative estimate of drug-likeness (QED) is 0.683. The van der Waals surface area contributed by atoms with Crippen molar-refractivity contribution in [1.29, 1.82) is 0 Å². The number of hydrogen-bond acceptors (Lipinski definition) is 7. The van der Waals surface area contributed by atoms with Gasteiger partial charge >= 0.3 is 0 Å². The first-order chi connectivity index (χ1) is 13.7. The van der Waals surface area contributed by atoms with Crippen molar-refractivity contribution >= 4 is 22.9 Å². The molecule has 1 aliphatic heterocycles. The molecular weight excluding hydrogens is 376 g/mol. The van der Waals surface area contributed by atoms with E-state index in [0.717, 1.165) is 24.3 Å². The number of methoxy groups -OCH3 is 1. The van der Waals surface area contributed by atoms with Crippen LogP contribution in [0.4, 0.5) is 5.69 Å². The second-order valence-corrected chi connectivity index (χ2v) is 7.70. The molecule has 146 valence electrons. The Morgan fingerprint density at radius 3 is 3.07 bits per heavy atom. The topological polar surface area (TPSA) is 80.5 Å². The summed E-state index contributed by atoms with van der Waals surface area (Å²) in [5.41, 5.74) is 0.699. The van der Waals surface area contributed by atoms with Crippen LogP contribution in [0.5, 0.6) is 5.75 Å². The number of carbonyl (C=O) groups excluding carboxylic acids is 1. The van der Waals surface area contributed by atoms with Gasteiger partial charge in [0.2, 0.25) is 17.6 Å². The van der Waals surface area contributed by atoms with Crippen LogP contribution in [0.3, 0.4) is 0 Å². The average molecular weight is 398 g/mol. The molecule has 1 N–H and O–H groups in total. The van der Waals surface area contributed by atoms with Gasteiger partial charge in [0.05, 0.1) is 30.1 Å². The maximum Gasteiger partial charge on any atom is 0.241 e. The summed E-state index contributed by atoms with van der Waals surface area (Å²) in [6, 6.07) is 11.4. The predicted molar refractivity (Wildman–Crippen MR) is 107 cm³/mol. The number of carbonyl (C=O) groups is 1. The molecule has 1 unspecified atom stereocenters. The summed E-state index contributed by atoms with van der Waals surface area (Å²) in [6.45, 7) is 2.13. The van der Waals surface area contributed by atoms with Gasteiger partial charge in [-0.2, -0.15) is 4.98 Å². The zero-order valence-corrected chi connectivity index (χ0v) is 16.4. The Morgan fingerprint density at radius 1 is 1.36 bits per heavy atom. The van der Waals surface area contributed by atoms with Crippen molar-refractivity contribution in [3.8, 4) is 16.5 Å². The number of anilines is 1. The third kappa shape index (κ3) is 4.23. The lowest BCUT2D eigenvalue weighted by molar-refractivity contribution is -0.121. The lowest BCUT2D eigenvalue weighted by atomic mass is 9.97. The van der Waals surface area contributed by atoms with Crippen molar-refractivity contribution < 1.29 is 14.1 Å². The number of likely N-dealkylation sites (tertiary alicyclic amines) is 1. The van der Waals surface area contributed by atoms with E-state index in [9.17, 15) is 4.79 Å². The monoisotopic (exact) mass is 398 g/mol. The summed E-state index contributed by atoms with van der Waals surface area (Å²) < 4.78 is 10.7. The number of ether oxygens (including phenoxy) is 1. The Kier molecular flexibility index (Phi) is 5.68. The van der Waals surface area contributed by atoms with E-state index in [1.807, 2.05) is 41.8 Å². The Labute approximate surface area is 167 Å². The van der Waals surface area contributed by atoms with Crippen LogP contribution in [-0.2, 0) is 11.3 Å². The maximum absolute atomic E-state index is 12.7. The lowest BCUT2D eigenvalue weighted by Gasteiger charge is -2.31. The van der Waals surface area contributed by atoms with Gasteiger partial charge in [0.25, 0.3) is 0 Å². The molecule has 0 spiro atoms. The molecule has 1 amide bonds. The fourth-order valence-electron chi connectivity index (χ4n) is 3.41. The maximum atomic E-state index is 12.7. The number of aromatic nitrogens is 2. The van der Waals surface area contributed by atoms with Gasteiger partial charge in [-0.1, -0.05) is 23.4 Å². The first kappa shape index (κ1) is 18.6. The third-order valence-electron chi connectivity index (χ3n) is 4.81. The zero-order valence-electron chi connectivity index (χ0n) is 15.6. The van der Waals surface area contributed by atoms with Gasteiger partial charge in [0.15, 0.2) is 0 Å². The van der Waals surface area contributed by atoms with E-state index in [1.54, 1.807) is 18.4 Å². The molecule has 2 aromatic heterocycles. The molecule has 1 aliphatic rings. The number of piperidine rings is 1. The first-order valence-corrected chi connectivity index (χ1v) is 10.1. The normalized spacial score (nSPS) is 17.4. The highest BCUT2D eigenvalue weighted by Crippen LogP contribution is 2.26. The van der Waals surface area contributed by atoms with E-state index in [0.29, 0.717) is 36.2 Å². The summed E-state index contributed by atoms with van der Waals surface area (Å²) in [5, 5.41) is 9.04. The number of para-hydroxylation sites is 2. The fraction of sp³-hybridized carbons (Fsp3) is 0.350. The molecule has 28 heavy (non-hydrogen) atoms. The van der Waals surface area contributed by atoms with Gasteiger partial charge in [-0.15, -0.1) is 11.3 Å². The van der Waals surface area contributed by atoms with Crippen LogP contribution in [-0.4, -0.2) is 41.1 Å². The van der Waals surface area contributed by atoms with E-state index in [-0.39, 0.29) is 11.8 Å². The minimum Gasteiger partial charge on any atom is -0.495 e. The van der Waals surface area contributed by atoms with Gasteiger partial charge < -0.3 is 14.6 Å². The zero-order chi connectivity index (χ0) is 19.3. The number of nitrogens with one attached hydrogen (secondary N) is 1. The summed E-state index contributed by atoms with van der Waals surface area (Å²) in [5.74, 6) is 1.79. The highest BCUT2D eigenvalue weighted by atomic mass is 32.1. The molecule has 3 aromatic rings. The van der Waals surface area contributed by atoms with Crippen LogP contribution in [0.2, 0.25) is 0 Å². The number of nitrogens with zero attached hydrogens (tertiary/aromatic N) is 3. The van der Waals surface area contributed by atoms with Crippen molar-refractivity contribution in [1.82, 2.24) is 15.0 Å². The van der Waals surface area contributed by atoms with E-state index >= 15 is 0 Å². The van der Waals surface area contributed by atoms with Gasteiger partial charge in [0, 0.05) is 6.54 Å². The SMILES string of the molecule is COc1ccccc1NC(=O)C1CCCN(Cc2nc(-c3cccs3)no2)C1. The van der Waals surface area contributed by atoms with Crippen LogP contribution in [0.1, 0.15) is 18.7 Å². The molecule has 0 bridgehead atoms. The fourth-order valence-corrected chi connectivity index (χ4v) is 4.06. The van der Waals surface area contributed by atoms with Crippen LogP contribution in [0.25, 0.3) is 10.7 Å². The molecule has 1 aromatic carbocycles. The van der Waals surface area contributed by atoms with E-state index in [4.69, 9.17) is 9.26 Å². The number of thiophene rings is 1. The van der Waals surface area contributed by atoms with Crippen LogP contribution in [0.15, 0.2) is 46.3 Å². The Bertz CT molecular complexity index is 925. The summed E-state index contributed by atoms with van der Waals surface area (Å²) in [6.07, 6.45) is 1.82. The molecule has 7 nitrogen and oxygen atoms in total. The standard InChI is InChI=1S/C20H22N4O3S/c1-26-16-8-3-2-7-15(16)21-20(25)14-6-4-10-24(12-14)13-18-22-19(23-27-18)17-9-5-11-28-17/h2-3,5,7-9,11,14H,4,6,10,12-13H2,1H3,(H,21,25). The molecular formula is C20H22N4O3S. The van der Waals surface area contributed by atoms with Crippen LogP contribution in [0, 0.1) is 5.92 Å². The Hall–Kier alpha value is -2.71. The molecule has 1 saturated heterocycles. The first-order valence-electron chi connectivity index (χ1n) is 9.25. The largest absolute Gasteiger partial charge is 0.495 e. The Morgan fingerprint density at radius 2 is 2.25 bits per heavy atom. The molecule has 8 heteroatoms. The van der Waals surface area contributed by atoms with Crippen molar-refractivity contribution in [2.45, 2.75) is 19.4 Å². The number of hydrogen-bond donors (Lipinski definition) is 1. The van der Waals surface area contributed by atoms with Crippen LogP contribution >= 0.6 is 11.3 Å². The predicted octanol–water partition coefficient (Wildman–Crippen LogP) is 3.66. The van der Waals surface area contributed by atoms with Gasteiger partial charge in [-0.05, 0) is 43.0 Å². The highest BCUT2D eigenvalue weighted by Gasteiger charge is 2.27. The third-order valence-corrected chi connectivity index (χ3v) is 5.68. The van der Waals surface area contributed by atoms with E-state index < -0.39 is 0 Å². The lowest BCUT2D eigenvalue weighted by Crippen LogP contribution is -2.40. The minimum absolute atomic E-state index is 0.0130. The molecule has 0 saturated carbocycles. The molecule has 4 rings (SSSR count). The van der Waals surface area contributed by atoms with E-state index in [2.05, 4.69) is 20.4 Å². The average Bonchev–Trinajstić information content (AvgIpc) is 3.40. The highest BCUT2D eigenvalue weighted by molar-refractivity contribution is 7.13. The van der Waals surface area contributed by atoms with Crippen molar-refractivity contribution in [2.75, 3.05) is 25.5 Å². The van der Waals surface area contributed by atoms with Gasteiger partial charge in [-0.3, -0.25) is 9.69 Å². The van der Waals surface area contributed by atoms with Crippen LogP contribution < -0.4 is 10.1 Å². The smallest absolute Gasteiger partial charge is 0.241 e. The molecule has 1 fully saturated rings. The number of benzene rings is 1. The van der Waals surface area contributed by atoms with Crippen molar-refractivity contribution in [3.63, 3.8) is 0 Å². The molecule has 0 radical (unpaired) electrons. The summed E-state index contributed by atoms with van der Waals surface area (Å²) in [7, 11) is 1.60. The Balaban J connectivity index is 1.37. The molecule has 3 heterocycles. The number of rotatable bonds is 6. The van der Waals surface area contributed by atoms with Gasteiger partial charge in [0.1, 0.15) is 5.75 Å². The summed E-state index contributed by atoms with van der Waals surface area (Å²) in [4.78, 5) is 20.4. The van der Waals surface area contributed by atoms with Crippen molar-refractivity contribution in [3.05, 3.63) is 47.7 Å². The molecule has 1 atom stereocenters. The second-order valence-electron chi connectivity index (χ2n) is 6.75. The van der Waals surface area contributed by atoms with E-state index in [1.165, 1.54) is 0 Å².